The SMILES string of the molecule is CCCCc1cn(CCCO)c(CC(=O)OC)c1C(=O)OC. The quantitative estimate of drug-likeness (QED) is 0.703. The van der Waals surface area contributed by atoms with Crippen LogP contribution in [-0.2, 0) is 33.7 Å². The minimum atomic E-state index is -0.437. The number of aromatic nitrogens is 1. The normalized spacial score (nSPS) is 10.5. The molecule has 0 amide bonds. The van der Waals surface area contributed by atoms with Gasteiger partial charge < -0.3 is 19.1 Å². The van der Waals surface area contributed by atoms with Crippen molar-refractivity contribution < 1.29 is 24.2 Å². The Labute approximate surface area is 131 Å². The van der Waals surface area contributed by atoms with Gasteiger partial charge in [0.1, 0.15) is 0 Å². The summed E-state index contributed by atoms with van der Waals surface area (Å²) in [5.41, 5.74) is 1.93. The molecule has 6 heteroatoms. The molecule has 0 aliphatic heterocycles. The van der Waals surface area contributed by atoms with Crippen LogP contribution in [-0.4, -0.2) is 42.4 Å². The van der Waals surface area contributed by atoms with Gasteiger partial charge in [0.15, 0.2) is 0 Å². The Morgan fingerprint density at radius 2 is 1.95 bits per heavy atom. The molecule has 0 saturated heterocycles. The van der Waals surface area contributed by atoms with Gasteiger partial charge in [-0.15, -0.1) is 0 Å². The van der Waals surface area contributed by atoms with Crippen molar-refractivity contribution in [2.24, 2.45) is 0 Å². The number of ether oxygens (including phenoxy) is 2. The molecule has 1 rings (SSSR count). The van der Waals surface area contributed by atoms with Crippen molar-refractivity contribution in [3.63, 3.8) is 0 Å². The summed E-state index contributed by atoms with van der Waals surface area (Å²) in [5.74, 6) is -0.844. The van der Waals surface area contributed by atoms with Crippen LogP contribution in [0, 0.1) is 0 Å². The average Bonchev–Trinajstić information content (AvgIpc) is 2.87. The molecule has 0 radical (unpaired) electrons. The topological polar surface area (TPSA) is 77.8 Å². The molecular weight excluding hydrogens is 286 g/mol. The Balaban J connectivity index is 3.25. The van der Waals surface area contributed by atoms with Gasteiger partial charge in [0.05, 0.1) is 26.2 Å². The predicted octanol–water partition coefficient (Wildman–Crippen LogP) is 1.72. The summed E-state index contributed by atoms with van der Waals surface area (Å²) in [4.78, 5) is 23.8. The maximum atomic E-state index is 12.1. The maximum Gasteiger partial charge on any atom is 0.339 e. The van der Waals surface area contributed by atoms with Crippen molar-refractivity contribution in [3.05, 3.63) is 23.0 Å². The van der Waals surface area contributed by atoms with Crippen molar-refractivity contribution >= 4 is 11.9 Å². The first-order valence-corrected chi connectivity index (χ1v) is 7.55. The van der Waals surface area contributed by atoms with Gasteiger partial charge in [0.25, 0.3) is 0 Å². The van der Waals surface area contributed by atoms with Crippen molar-refractivity contribution in [1.82, 2.24) is 4.57 Å². The largest absolute Gasteiger partial charge is 0.469 e. The monoisotopic (exact) mass is 311 g/mol. The van der Waals surface area contributed by atoms with E-state index in [1.807, 2.05) is 10.8 Å². The van der Waals surface area contributed by atoms with Gasteiger partial charge >= 0.3 is 11.9 Å². The summed E-state index contributed by atoms with van der Waals surface area (Å²) in [7, 11) is 2.65. The minimum Gasteiger partial charge on any atom is -0.469 e. The third-order valence-corrected chi connectivity index (χ3v) is 3.55. The Kier molecular flexibility index (Phi) is 7.66. The summed E-state index contributed by atoms with van der Waals surface area (Å²) in [5, 5.41) is 9.02. The lowest BCUT2D eigenvalue weighted by atomic mass is 10.0. The summed E-state index contributed by atoms with van der Waals surface area (Å²) in [6, 6.07) is 0. The van der Waals surface area contributed by atoms with Gasteiger partial charge in [-0.05, 0) is 24.8 Å². The molecule has 0 aromatic carbocycles. The molecule has 0 atom stereocenters. The van der Waals surface area contributed by atoms with E-state index in [1.54, 1.807) is 0 Å². The number of esters is 2. The molecule has 6 nitrogen and oxygen atoms in total. The second-order valence-corrected chi connectivity index (χ2v) is 5.09. The molecule has 1 N–H and O–H groups in total. The fourth-order valence-corrected chi connectivity index (χ4v) is 2.41. The van der Waals surface area contributed by atoms with Crippen molar-refractivity contribution in [2.45, 2.75) is 45.6 Å². The Bertz CT molecular complexity index is 507. The number of methoxy groups -OCH3 is 2. The minimum absolute atomic E-state index is 0.0124. The Morgan fingerprint density at radius 1 is 1.23 bits per heavy atom. The number of carbonyl (C=O) groups excluding carboxylic acids is 2. The van der Waals surface area contributed by atoms with E-state index >= 15 is 0 Å². The molecule has 1 aromatic heterocycles. The number of aliphatic hydroxyl groups is 1. The standard InChI is InChI=1S/C16H25NO5/c1-4-5-7-12-11-17(8-6-9-18)13(10-14(19)21-2)15(12)16(20)22-3/h11,18H,4-10H2,1-3H3. The van der Waals surface area contributed by atoms with Crippen LogP contribution in [0.15, 0.2) is 6.20 Å². The van der Waals surface area contributed by atoms with Crippen LogP contribution in [0.3, 0.4) is 0 Å². The van der Waals surface area contributed by atoms with Crippen LogP contribution in [0.4, 0.5) is 0 Å². The van der Waals surface area contributed by atoms with Crippen LogP contribution in [0.2, 0.25) is 0 Å². The summed E-state index contributed by atoms with van der Waals surface area (Å²) < 4.78 is 11.4. The first kappa shape index (κ1) is 18.2. The number of aliphatic hydroxyl groups excluding tert-OH is 1. The molecule has 124 valence electrons. The lowest BCUT2D eigenvalue weighted by Crippen LogP contribution is -2.15. The van der Waals surface area contributed by atoms with Gasteiger partial charge in [-0.1, -0.05) is 13.3 Å². The Morgan fingerprint density at radius 3 is 2.50 bits per heavy atom. The van der Waals surface area contributed by atoms with Crippen LogP contribution in [0.1, 0.15) is 47.8 Å². The average molecular weight is 311 g/mol. The van der Waals surface area contributed by atoms with Crippen molar-refractivity contribution in [1.29, 1.82) is 0 Å². The van der Waals surface area contributed by atoms with E-state index in [2.05, 4.69) is 6.92 Å². The molecule has 0 fully saturated rings. The van der Waals surface area contributed by atoms with Gasteiger partial charge in [-0.2, -0.15) is 0 Å². The molecule has 0 unspecified atom stereocenters. The first-order valence-electron chi connectivity index (χ1n) is 7.55. The number of rotatable bonds is 9. The van der Waals surface area contributed by atoms with Crippen LogP contribution in [0.25, 0.3) is 0 Å². The van der Waals surface area contributed by atoms with E-state index < -0.39 is 11.9 Å². The second kappa shape index (κ2) is 9.25. The molecule has 0 aliphatic rings. The Hall–Kier alpha value is -1.82. The molecule has 0 bridgehead atoms. The van der Waals surface area contributed by atoms with Gasteiger partial charge in [-0.25, -0.2) is 4.79 Å². The number of carbonyl (C=O) groups is 2. The lowest BCUT2D eigenvalue weighted by molar-refractivity contribution is -0.139. The van der Waals surface area contributed by atoms with Crippen molar-refractivity contribution in [2.75, 3.05) is 20.8 Å². The smallest absolute Gasteiger partial charge is 0.339 e. The summed E-state index contributed by atoms with van der Waals surface area (Å²) in [6.45, 7) is 2.67. The highest BCUT2D eigenvalue weighted by molar-refractivity contribution is 5.94. The summed E-state index contributed by atoms with van der Waals surface area (Å²) >= 11 is 0. The molecule has 0 saturated carbocycles. The van der Waals surface area contributed by atoms with E-state index in [0.717, 1.165) is 24.8 Å². The molecule has 22 heavy (non-hydrogen) atoms. The maximum absolute atomic E-state index is 12.1. The van der Waals surface area contributed by atoms with E-state index in [4.69, 9.17) is 14.6 Å². The third kappa shape index (κ3) is 4.59. The van der Waals surface area contributed by atoms with Crippen LogP contribution >= 0.6 is 0 Å². The van der Waals surface area contributed by atoms with Crippen LogP contribution < -0.4 is 0 Å². The lowest BCUT2D eigenvalue weighted by Gasteiger charge is -2.09. The van der Waals surface area contributed by atoms with Crippen LogP contribution in [0.5, 0.6) is 0 Å². The predicted molar refractivity (Wildman–Crippen MR) is 81.8 cm³/mol. The van der Waals surface area contributed by atoms with Gasteiger partial charge in [0.2, 0.25) is 0 Å². The van der Waals surface area contributed by atoms with Gasteiger partial charge in [0, 0.05) is 25.0 Å². The third-order valence-electron chi connectivity index (χ3n) is 3.55. The fraction of sp³-hybridized carbons (Fsp3) is 0.625. The molecule has 1 heterocycles. The highest BCUT2D eigenvalue weighted by atomic mass is 16.5. The van der Waals surface area contributed by atoms with E-state index in [0.29, 0.717) is 24.2 Å². The number of hydrogen-bond donors (Lipinski definition) is 1. The molecule has 1 aromatic rings. The van der Waals surface area contributed by atoms with E-state index in [-0.39, 0.29) is 13.0 Å². The zero-order chi connectivity index (χ0) is 16.5. The zero-order valence-electron chi connectivity index (χ0n) is 13.6. The number of aryl methyl sites for hydroxylation is 2. The highest BCUT2D eigenvalue weighted by Crippen LogP contribution is 2.22. The summed E-state index contributed by atoms with van der Waals surface area (Å²) in [6.07, 6.45) is 5.16. The van der Waals surface area contributed by atoms with Gasteiger partial charge in [-0.3, -0.25) is 4.79 Å². The first-order chi connectivity index (χ1) is 10.6. The molecular formula is C16H25NO5. The number of unbranched alkanes of at least 4 members (excludes halogenated alkanes) is 1. The molecule has 0 spiro atoms. The van der Waals surface area contributed by atoms with E-state index in [1.165, 1.54) is 14.2 Å². The second-order valence-electron chi connectivity index (χ2n) is 5.09. The number of hydrogen-bond acceptors (Lipinski definition) is 5. The van der Waals surface area contributed by atoms with E-state index in [9.17, 15) is 9.59 Å². The van der Waals surface area contributed by atoms with Crippen molar-refractivity contribution in [3.8, 4) is 0 Å². The number of nitrogens with zero attached hydrogens (tertiary/aromatic N) is 1. The fourth-order valence-electron chi connectivity index (χ4n) is 2.41. The molecule has 0 aliphatic carbocycles. The zero-order valence-corrected chi connectivity index (χ0v) is 13.6. The highest BCUT2D eigenvalue weighted by Gasteiger charge is 2.24.